The van der Waals surface area contributed by atoms with Gasteiger partial charge >= 0.3 is 5.97 Å². The van der Waals surface area contributed by atoms with Crippen LogP contribution < -0.4 is 5.73 Å². The van der Waals surface area contributed by atoms with Crippen LogP contribution in [-0.2, 0) is 9.47 Å². The summed E-state index contributed by atoms with van der Waals surface area (Å²) in [6.07, 6.45) is 0. The zero-order valence-corrected chi connectivity index (χ0v) is 12.6. The summed E-state index contributed by atoms with van der Waals surface area (Å²) in [4.78, 5) is 11.8. The molecule has 0 amide bonds. The van der Waals surface area contributed by atoms with Gasteiger partial charge in [-0.2, -0.15) is 0 Å². The summed E-state index contributed by atoms with van der Waals surface area (Å²) in [5.74, 6) is -0.572. The van der Waals surface area contributed by atoms with E-state index >= 15 is 0 Å². The van der Waals surface area contributed by atoms with Crippen LogP contribution in [-0.4, -0.2) is 24.8 Å². The first-order valence-electron chi connectivity index (χ1n) is 5.76. The third-order valence-corrected chi connectivity index (χ3v) is 2.92. The molecule has 0 aliphatic rings. The summed E-state index contributed by atoms with van der Waals surface area (Å²) >= 11 is 11.8. The van der Waals surface area contributed by atoms with E-state index in [2.05, 4.69) is 0 Å². The summed E-state index contributed by atoms with van der Waals surface area (Å²) in [6.45, 7) is 6.21. The van der Waals surface area contributed by atoms with Gasteiger partial charge in [0.05, 0.1) is 27.8 Å². The molecule has 1 rings (SSSR count). The fourth-order valence-corrected chi connectivity index (χ4v) is 1.73. The molecule has 19 heavy (non-hydrogen) atoms. The maximum atomic E-state index is 11.8. The van der Waals surface area contributed by atoms with Crippen LogP contribution in [0.1, 0.15) is 31.1 Å². The van der Waals surface area contributed by atoms with Gasteiger partial charge < -0.3 is 15.2 Å². The lowest BCUT2D eigenvalue weighted by Crippen LogP contribution is -2.22. The highest BCUT2D eigenvalue weighted by atomic mass is 35.5. The van der Waals surface area contributed by atoms with Crippen LogP contribution in [0.5, 0.6) is 0 Å². The van der Waals surface area contributed by atoms with E-state index in [1.54, 1.807) is 0 Å². The number of nitrogens with two attached hydrogens (primary N) is 1. The third-order valence-electron chi connectivity index (χ3n) is 2.12. The van der Waals surface area contributed by atoms with Crippen LogP contribution in [0, 0.1) is 0 Å². The van der Waals surface area contributed by atoms with Crippen molar-refractivity contribution in [1.29, 1.82) is 0 Å². The highest BCUT2D eigenvalue weighted by Crippen LogP contribution is 2.29. The Morgan fingerprint density at radius 2 is 1.89 bits per heavy atom. The molecule has 0 bridgehead atoms. The third kappa shape index (κ3) is 5.27. The first-order valence-corrected chi connectivity index (χ1v) is 6.52. The van der Waals surface area contributed by atoms with Crippen molar-refractivity contribution < 1.29 is 14.3 Å². The molecule has 0 saturated heterocycles. The topological polar surface area (TPSA) is 61.5 Å². The Bertz CT molecular complexity index is 470. The molecule has 0 aliphatic carbocycles. The molecule has 0 saturated carbocycles. The molecule has 0 radical (unpaired) electrons. The Morgan fingerprint density at radius 1 is 1.26 bits per heavy atom. The van der Waals surface area contributed by atoms with Gasteiger partial charge in [0, 0.05) is 5.69 Å². The Kier molecular flexibility index (Phi) is 5.47. The number of nitrogen functional groups attached to an aromatic ring is 1. The minimum atomic E-state index is -0.572. The zero-order chi connectivity index (χ0) is 14.6. The molecule has 0 unspecified atom stereocenters. The average molecular weight is 306 g/mol. The lowest BCUT2D eigenvalue weighted by Gasteiger charge is -2.19. The number of hydrogen-bond acceptors (Lipinski definition) is 4. The number of anilines is 1. The molecular formula is C13H17Cl2NO3. The van der Waals surface area contributed by atoms with E-state index in [-0.39, 0.29) is 27.8 Å². The van der Waals surface area contributed by atoms with Crippen molar-refractivity contribution >= 4 is 34.9 Å². The van der Waals surface area contributed by atoms with Crippen molar-refractivity contribution in [1.82, 2.24) is 0 Å². The van der Waals surface area contributed by atoms with E-state index in [4.69, 9.17) is 38.4 Å². The van der Waals surface area contributed by atoms with Gasteiger partial charge in [-0.25, -0.2) is 4.79 Å². The summed E-state index contributed by atoms with van der Waals surface area (Å²) < 4.78 is 10.5. The monoisotopic (exact) mass is 305 g/mol. The van der Waals surface area contributed by atoms with Crippen LogP contribution in [0.25, 0.3) is 0 Å². The minimum Gasteiger partial charge on any atom is -0.460 e. The van der Waals surface area contributed by atoms with Crippen LogP contribution in [0.15, 0.2) is 12.1 Å². The quantitative estimate of drug-likeness (QED) is 0.525. The van der Waals surface area contributed by atoms with E-state index in [0.717, 1.165) is 0 Å². The van der Waals surface area contributed by atoms with Gasteiger partial charge in [-0.05, 0) is 32.9 Å². The average Bonchev–Trinajstić information content (AvgIpc) is 2.27. The maximum absolute atomic E-state index is 11.8. The standard InChI is InChI=1S/C13H17Cl2NO3/c1-13(2,3)19-5-4-18-12(17)9-6-8(16)7-10(14)11(9)15/h6-7H,4-5,16H2,1-3H3. The van der Waals surface area contributed by atoms with E-state index in [1.165, 1.54) is 12.1 Å². The predicted octanol–water partition coefficient (Wildman–Crippen LogP) is 3.55. The van der Waals surface area contributed by atoms with Gasteiger partial charge in [0.25, 0.3) is 0 Å². The molecule has 0 aliphatic heterocycles. The number of carbonyl (C=O) groups is 1. The number of esters is 1. The summed E-state index contributed by atoms with van der Waals surface area (Å²) in [7, 11) is 0. The molecule has 0 spiro atoms. The van der Waals surface area contributed by atoms with Crippen molar-refractivity contribution in [3.63, 3.8) is 0 Å². The summed E-state index contributed by atoms with van der Waals surface area (Å²) in [6, 6.07) is 2.91. The Hall–Kier alpha value is -0.970. The molecule has 106 valence electrons. The fraction of sp³-hybridized carbons (Fsp3) is 0.462. The van der Waals surface area contributed by atoms with Gasteiger partial charge in [-0.3, -0.25) is 0 Å². The number of ether oxygens (including phenoxy) is 2. The molecule has 6 heteroatoms. The van der Waals surface area contributed by atoms with Gasteiger partial charge in [-0.1, -0.05) is 23.2 Å². The second kappa shape index (κ2) is 6.46. The van der Waals surface area contributed by atoms with Crippen LogP contribution in [0.3, 0.4) is 0 Å². The van der Waals surface area contributed by atoms with E-state index < -0.39 is 5.97 Å². The number of carbonyl (C=O) groups excluding carboxylic acids is 1. The lowest BCUT2D eigenvalue weighted by molar-refractivity contribution is -0.0281. The number of benzene rings is 1. The van der Waals surface area contributed by atoms with Crippen LogP contribution >= 0.6 is 23.2 Å². The zero-order valence-electron chi connectivity index (χ0n) is 11.1. The molecule has 1 aromatic carbocycles. The largest absolute Gasteiger partial charge is 0.460 e. The predicted molar refractivity (Wildman–Crippen MR) is 76.9 cm³/mol. The molecular weight excluding hydrogens is 289 g/mol. The number of hydrogen-bond donors (Lipinski definition) is 1. The maximum Gasteiger partial charge on any atom is 0.339 e. The van der Waals surface area contributed by atoms with Gasteiger partial charge in [-0.15, -0.1) is 0 Å². The van der Waals surface area contributed by atoms with Gasteiger partial charge in [0.15, 0.2) is 0 Å². The van der Waals surface area contributed by atoms with Crippen molar-refractivity contribution in [2.75, 3.05) is 18.9 Å². The lowest BCUT2D eigenvalue weighted by atomic mass is 10.2. The first-order chi connectivity index (χ1) is 8.70. The van der Waals surface area contributed by atoms with E-state index in [0.29, 0.717) is 12.3 Å². The number of rotatable bonds is 4. The highest BCUT2D eigenvalue weighted by Gasteiger charge is 2.16. The SMILES string of the molecule is CC(C)(C)OCCOC(=O)c1cc(N)cc(Cl)c1Cl. The summed E-state index contributed by atoms with van der Waals surface area (Å²) in [5.41, 5.74) is 5.84. The molecule has 0 fully saturated rings. The summed E-state index contributed by atoms with van der Waals surface area (Å²) in [5, 5.41) is 0.358. The van der Waals surface area contributed by atoms with E-state index in [1.807, 2.05) is 20.8 Å². The normalized spacial score (nSPS) is 11.4. The van der Waals surface area contributed by atoms with Crippen LogP contribution in [0.2, 0.25) is 10.0 Å². The Morgan fingerprint density at radius 3 is 2.47 bits per heavy atom. The molecule has 0 heterocycles. The van der Waals surface area contributed by atoms with Gasteiger partial charge in [0.1, 0.15) is 6.61 Å². The minimum absolute atomic E-state index is 0.137. The first kappa shape index (κ1) is 16.1. The molecule has 2 N–H and O–H groups in total. The fourth-order valence-electron chi connectivity index (χ4n) is 1.32. The number of halogens is 2. The van der Waals surface area contributed by atoms with Crippen molar-refractivity contribution in [2.45, 2.75) is 26.4 Å². The van der Waals surface area contributed by atoms with Gasteiger partial charge in [0.2, 0.25) is 0 Å². The van der Waals surface area contributed by atoms with Crippen LogP contribution in [0.4, 0.5) is 5.69 Å². The second-order valence-electron chi connectivity index (χ2n) is 4.96. The van der Waals surface area contributed by atoms with E-state index in [9.17, 15) is 4.79 Å². The van der Waals surface area contributed by atoms with Crippen molar-refractivity contribution in [3.05, 3.63) is 27.7 Å². The smallest absolute Gasteiger partial charge is 0.339 e. The molecule has 0 atom stereocenters. The molecule has 0 aromatic heterocycles. The molecule has 1 aromatic rings. The highest BCUT2D eigenvalue weighted by molar-refractivity contribution is 6.44. The van der Waals surface area contributed by atoms with Crippen molar-refractivity contribution in [3.8, 4) is 0 Å². The molecule has 4 nitrogen and oxygen atoms in total. The second-order valence-corrected chi connectivity index (χ2v) is 5.75. The Labute approximate surface area is 122 Å². The van der Waals surface area contributed by atoms with Crippen molar-refractivity contribution in [2.24, 2.45) is 0 Å². The Balaban J connectivity index is 2.60.